The van der Waals surface area contributed by atoms with E-state index in [1.165, 1.54) is 0 Å². The molecule has 2 rings (SSSR count). The standard InChI is InChI=1S/C16H22ClN3/c1-4-18-14(11-15-19-9-10-20(15)5-2)13-8-6-7-12(3)16(13)17/h6-10,14,18H,4-5,11H2,1-3H3. The van der Waals surface area contributed by atoms with Gasteiger partial charge in [0.15, 0.2) is 0 Å². The number of imidazole rings is 1. The Balaban J connectivity index is 2.29. The van der Waals surface area contributed by atoms with Crippen molar-refractivity contribution in [1.29, 1.82) is 0 Å². The van der Waals surface area contributed by atoms with E-state index in [-0.39, 0.29) is 6.04 Å². The van der Waals surface area contributed by atoms with Gasteiger partial charge >= 0.3 is 0 Å². The molecule has 0 saturated heterocycles. The maximum absolute atomic E-state index is 6.47. The van der Waals surface area contributed by atoms with Crippen molar-refractivity contribution in [3.8, 4) is 0 Å². The maximum atomic E-state index is 6.47. The van der Waals surface area contributed by atoms with E-state index in [2.05, 4.69) is 40.8 Å². The molecule has 2 aromatic rings. The average molecular weight is 292 g/mol. The number of aromatic nitrogens is 2. The molecule has 1 heterocycles. The van der Waals surface area contributed by atoms with Gasteiger partial charge < -0.3 is 9.88 Å². The molecular formula is C16H22ClN3. The number of halogens is 1. The Hall–Kier alpha value is -1.32. The van der Waals surface area contributed by atoms with Crippen molar-refractivity contribution in [2.45, 2.75) is 39.8 Å². The number of aryl methyl sites for hydroxylation is 2. The molecule has 20 heavy (non-hydrogen) atoms. The summed E-state index contributed by atoms with van der Waals surface area (Å²) in [6, 6.07) is 6.40. The van der Waals surface area contributed by atoms with Crippen LogP contribution < -0.4 is 5.32 Å². The summed E-state index contributed by atoms with van der Waals surface area (Å²) in [6.45, 7) is 8.13. The molecule has 3 nitrogen and oxygen atoms in total. The minimum atomic E-state index is 0.195. The van der Waals surface area contributed by atoms with E-state index in [4.69, 9.17) is 11.6 Å². The van der Waals surface area contributed by atoms with E-state index in [9.17, 15) is 0 Å². The fourth-order valence-electron chi connectivity index (χ4n) is 2.48. The van der Waals surface area contributed by atoms with Crippen LogP contribution in [0.3, 0.4) is 0 Å². The molecule has 0 radical (unpaired) electrons. The summed E-state index contributed by atoms with van der Waals surface area (Å²) >= 11 is 6.47. The Morgan fingerprint density at radius 1 is 1.35 bits per heavy atom. The summed E-state index contributed by atoms with van der Waals surface area (Å²) in [5, 5.41) is 4.37. The van der Waals surface area contributed by atoms with Crippen LogP contribution in [0.25, 0.3) is 0 Å². The van der Waals surface area contributed by atoms with Crippen LogP contribution in [0.15, 0.2) is 30.6 Å². The molecular weight excluding hydrogens is 270 g/mol. The van der Waals surface area contributed by atoms with Gasteiger partial charge in [-0.3, -0.25) is 0 Å². The van der Waals surface area contributed by atoms with Gasteiger partial charge in [0, 0.05) is 36.4 Å². The summed E-state index contributed by atoms with van der Waals surface area (Å²) in [5.41, 5.74) is 2.27. The van der Waals surface area contributed by atoms with Gasteiger partial charge in [0.2, 0.25) is 0 Å². The van der Waals surface area contributed by atoms with Crippen LogP contribution in [-0.2, 0) is 13.0 Å². The Morgan fingerprint density at radius 2 is 2.15 bits per heavy atom. The number of benzene rings is 1. The minimum Gasteiger partial charge on any atom is -0.335 e. The first-order chi connectivity index (χ1) is 9.67. The molecule has 0 fully saturated rings. The van der Waals surface area contributed by atoms with Crippen molar-refractivity contribution < 1.29 is 0 Å². The largest absolute Gasteiger partial charge is 0.335 e. The lowest BCUT2D eigenvalue weighted by molar-refractivity contribution is 0.522. The van der Waals surface area contributed by atoms with Crippen molar-refractivity contribution >= 4 is 11.6 Å². The SMILES string of the molecule is CCNC(Cc1nccn1CC)c1cccc(C)c1Cl. The first-order valence-corrected chi connectivity index (χ1v) is 7.53. The molecule has 0 amide bonds. The molecule has 0 saturated carbocycles. The summed E-state index contributed by atoms with van der Waals surface area (Å²) < 4.78 is 2.17. The smallest absolute Gasteiger partial charge is 0.110 e. The highest BCUT2D eigenvalue weighted by Gasteiger charge is 2.17. The second-order valence-electron chi connectivity index (χ2n) is 4.92. The molecule has 0 bridgehead atoms. The summed E-state index contributed by atoms with van der Waals surface area (Å²) in [7, 11) is 0. The molecule has 0 aliphatic heterocycles. The predicted molar refractivity (Wildman–Crippen MR) is 84.2 cm³/mol. The zero-order valence-corrected chi connectivity index (χ0v) is 13.1. The van der Waals surface area contributed by atoms with E-state index < -0.39 is 0 Å². The Bertz CT molecular complexity index is 563. The number of likely N-dealkylation sites (N-methyl/N-ethyl adjacent to an activating group) is 1. The molecule has 1 atom stereocenters. The fraction of sp³-hybridized carbons (Fsp3) is 0.438. The second-order valence-corrected chi connectivity index (χ2v) is 5.30. The zero-order chi connectivity index (χ0) is 14.5. The Morgan fingerprint density at radius 3 is 2.85 bits per heavy atom. The highest BCUT2D eigenvalue weighted by Crippen LogP contribution is 2.28. The first kappa shape index (κ1) is 15.1. The molecule has 4 heteroatoms. The van der Waals surface area contributed by atoms with Crippen molar-refractivity contribution in [3.63, 3.8) is 0 Å². The minimum absolute atomic E-state index is 0.195. The van der Waals surface area contributed by atoms with E-state index in [0.717, 1.165) is 41.5 Å². The first-order valence-electron chi connectivity index (χ1n) is 7.15. The topological polar surface area (TPSA) is 29.9 Å². The molecule has 1 aromatic heterocycles. The van der Waals surface area contributed by atoms with E-state index in [1.807, 2.05) is 25.4 Å². The van der Waals surface area contributed by atoms with Crippen LogP contribution >= 0.6 is 11.6 Å². The average Bonchev–Trinajstić information content (AvgIpc) is 2.89. The molecule has 0 aliphatic carbocycles. The van der Waals surface area contributed by atoms with Crippen LogP contribution in [0.4, 0.5) is 0 Å². The van der Waals surface area contributed by atoms with Gasteiger partial charge in [-0.25, -0.2) is 4.98 Å². The van der Waals surface area contributed by atoms with Gasteiger partial charge in [0.25, 0.3) is 0 Å². The molecule has 0 aliphatic rings. The highest BCUT2D eigenvalue weighted by molar-refractivity contribution is 6.32. The number of rotatable bonds is 6. The maximum Gasteiger partial charge on any atom is 0.110 e. The Kier molecular flexibility index (Phi) is 5.21. The van der Waals surface area contributed by atoms with E-state index in [0.29, 0.717) is 0 Å². The Labute approximate surface area is 126 Å². The van der Waals surface area contributed by atoms with Gasteiger partial charge in [0.05, 0.1) is 0 Å². The second kappa shape index (κ2) is 6.91. The van der Waals surface area contributed by atoms with Crippen molar-refractivity contribution in [2.24, 2.45) is 0 Å². The van der Waals surface area contributed by atoms with Crippen LogP contribution in [0, 0.1) is 6.92 Å². The fourth-order valence-corrected chi connectivity index (χ4v) is 2.74. The normalized spacial score (nSPS) is 12.6. The van der Waals surface area contributed by atoms with Crippen molar-refractivity contribution in [3.05, 3.63) is 52.6 Å². The predicted octanol–water partition coefficient (Wildman–Crippen LogP) is 3.76. The van der Waals surface area contributed by atoms with Crippen molar-refractivity contribution in [2.75, 3.05) is 6.54 Å². The van der Waals surface area contributed by atoms with Gasteiger partial charge in [-0.15, -0.1) is 0 Å². The zero-order valence-electron chi connectivity index (χ0n) is 12.4. The van der Waals surface area contributed by atoms with Gasteiger partial charge in [-0.05, 0) is 31.5 Å². The summed E-state index contributed by atoms with van der Waals surface area (Å²) in [6.07, 6.45) is 4.73. The van der Waals surface area contributed by atoms with Crippen LogP contribution in [0.2, 0.25) is 5.02 Å². The number of nitrogens with zero attached hydrogens (tertiary/aromatic N) is 2. The number of nitrogens with one attached hydrogen (secondary N) is 1. The third-order valence-corrected chi connectivity index (χ3v) is 4.09. The van der Waals surface area contributed by atoms with Gasteiger partial charge in [-0.1, -0.05) is 36.7 Å². The molecule has 108 valence electrons. The van der Waals surface area contributed by atoms with E-state index in [1.54, 1.807) is 0 Å². The summed E-state index contributed by atoms with van der Waals surface area (Å²) in [4.78, 5) is 4.47. The number of hydrogen-bond acceptors (Lipinski definition) is 2. The molecule has 1 unspecified atom stereocenters. The molecule has 1 aromatic carbocycles. The third-order valence-electron chi connectivity index (χ3n) is 3.58. The lowest BCUT2D eigenvalue weighted by Crippen LogP contribution is -2.24. The lowest BCUT2D eigenvalue weighted by Gasteiger charge is -2.20. The van der Waals surface area contributed by atoms with Gasteiger partial charge in [0.1, 0.15) is 5.82 Å². The van der Waals surface area contributed by atoms with E-state index >= 15 is 0 Å². The molecule has 1 N–H and O–H groups in total. The number of hydrogen-bond donors (Lipinski definition) is 1. The van der Waals surface area contributed by atoms with Crippen molar-refractivity contribution in [1.82, 2.24) is 14.9 Å². The van der Waals surface area contributed by atoms with Gasteiger partial charge in [-0.2, -0.15) is 0 Å². The van der Waals surface area contributed by atoms with Crippen LogP contribution in [-0.4, -0.2) is 16.1 Å². The molecule has 0 spiro atoms. The quantitative estimate of drug-likeness (QED) is 0.878. The lowest BCUT2D eigenvalue weighted by atomic mass is 10.0. The van der Waals surface area contributed by atoms with Crippen LogP contribution in [0.1, 0.15) is 36.8 Å². The highest BCUT2D eigenvalue weighted by atomic mass is 35.5. The summed E-state index contributed by atoms with van der Waals surface area (Å²) in [5.74, 6) is 1.09. The van der Waals surface area contributed by atoms with Crippen LogP contribution in [0.5, 0.6) is 0 Å². The monoisotopic (exact) mass is 291 g/mol. The third kappa shape index (κ3) is 3.22.